The Kier molecular flexibility index (Phi) is 6.89. The molecule has 3 aromatic rings. The summed E-state index contributed by atoms with van der Waals surface area (Å²) in [5, 5.41) is 9.74. The lowest BCUT2D eigenvalue weighted by Gasteiger charge is -2.23. The van der Waals surface area contributed by atoms with E-state index in [0.29, 0.717) is 22.3 Å². The van der Waals surface area contributed by atoms with Crippen molar-refractivity contribution in [2.24, 2.45) is 10.1 Å². The third-order valence-electron chi connectivity index (χ3n) is 5.94. The van der Waals surface area contributed by atoms with Gasteiger partial charge in [0.05, 0.1) is 11.8 Å². The standard InChI is InChI=1S/C27H22ClFN4O2S/c1-16-3-2-4-21(13-16)30-25(34)15-24-26(35)31-27(36-24)33-23(18-7-11-20(29)12-8-18)14-22(32-33)17-5-9-19(28)10-6-17/h2-13,23-24H,14-15H2,1H3,(H,30,34)/t23-,24+/m0/s1. The van der Waals surface area contributed by atoms with Crippen LogP contribution in [0.5, 0.6) is 0 Å². The Bertz CT molecular complexity index is 1380. The van der Waals surface area contributed by atoms with Crippen molar-refractivity contribution in [1.82, 2.24) is 5.01 Å². The van der Waals surface area contributed by atoms with Gasteiger partial charge in [-0.2, -0.15) is 10.1 Å². The summed E-state index contributed by atoms with van der Waals surface area (Å²) in [5.41, 5.74) is 4.26. The lowest BCUT2D eigenvalue weighted by Crippen LogP contribution is -2.25. The number of hydrogen-bond acceptors (Lipinski definition) is 5. The Balaban J connectivity index is 1.35. The highest BCUT2D eigenvalue weighted by Gasteiger charge is 2.39. The molecule has 3 aromatic carbocycles. The molecule has 0 unspecified atom stereocenters. The average molecular weight is 521 g/mol. The van der Waals surface area contributed by atoms with Gasteiger partial charge in [0.15, 0.2) is 5.17 Å². The molecule has 1 N–H and O–H groups in total. The van der Waals surface area contributed by atoms with Gasteiger partial charge in [0.1, 0.15) is 11.1 Å². The average Bonchev–Trinajstić information content (AvgIpc) is 3.44. The van der Waals surface area contributed by atoms with Crippen LogP contribution in [0.15, 0.2) is 82.9 Å². The van der Waals surface area contributed by atoms with Crippen molar-refractivity contribution in [3.8, 4) is 0 Å². The number of carbonyl (C=O) groups excluding carboxylic acids is 2. The summed E-state index contributed by atoms with van der Waals surface area (Å²) in [7, 11) is 0. The van der Waals surface area contributed by atoms with E-state index in [2.05, 4.69) is 10.3 Å². The first-order chi connectivity index (χ1) is 17.4. The number of hydrazone groups is 1. The third-order valence-corrected chi connectivity index (χ3v) is 7.33. The zero-order chi connectivity index (χ0) is 25.2. The molecule has 0 bridgehead atoms. The van der Waals surface area contributed by atoms with Gasteiger partial charge in [0.25, 0.3) is 5.91 Å². The molecule has 0 fully saturated rings. The molecule has 2 amide bonds. The molecule has 182 valence electrons. The van der Waals surface area contributed by atoms with E-state index in [1.54, 1.807) is 35.3 Å². The number of amidine groups is 1. The molecule has 0 spiro atoms. The summed E-state index contributed by atoms with van der Waals surface area (Å²) < 4.78 is 13.6. The fourth-order valence-electron chi connectivity index (χ4n) is 4.16. The van der Waals surface area contributed by atoms with Crippen molar-refractivity contribution < 1.29 is 14.0 Å². The number of aliphatic imine (C=N–C) groups is 1. The Morgan fingerprint density at radius 1 is 1.14 bits per heavy atom. The maximum absolute atomic E-state index is 13.6. The SMILES string of the molecule is Cc1cccc(NC(=O)C[C@H]2SC(N3N=C(c4ccc(Cl)cc4)C[C@H]3c3ccc(F)cc3)=NC2=O)c1. The van der Waals surface area contributed by atoms with Crippen LogP contribution in [0.2, 0.25) is 5.02 Å². The summed E-state index contributed by atoms with van der Waals surface area (Å²) in [6.45, 7) is 1.94. The normalized spacial score (nSPS) is 19.3. The predicted molar refractivity (Wildman–Crippen MR) is 142 cm³/mol. The molecular formula is C27H22ClFN4O2S. The fourth-order valence-corrected chi connectivity index (χ4v) is 5.34. The number of hydrogen-bond donors (Lipinski definition) is 1. The van der Waals surface area contributed by atoms with Crippen molar-refractivity contribution in [2.75, 3.05) is 5.32 Å². The fraction of sp³-hybridized carbons (Fsp3) is 0.185. The van der Waals surface area contributed by atoms with E-state index < -0.39 is 5.25 Å². The quantitative estimate of drug-likeness (QED) is 0.450. The molecular weight excluding hydrogens is 499 g/mol. The van der Waals surface area contributed by atoms with Crippen LogP contribution in [-0.2, 0) is 9.59 Å². The molecule has 36 heavy (non-hydrogen) atoms. The monoisotopic (exact) mass is 520 g/mol. The smallest absolute Gasteiger partial charge is 0.262 e. The summed E-state index contributed by atoms with van der Waals surface area (Å²) in [4.78, 5) is 29.6. The summed E-state index contributed by atoms with van der Waals surface area (Å²) in [5.74, 6) is -0.961. The van der Waals surface area contributed by atoms with Crippen molar-refractivity contribution >= 4 is 51.7 Å². The zero-order valence-corrected chi connectivity index (χ0v) is 20.9. The van der Waals surface area contributed by atoms with E-state index in [4.69, 9.17) is 16.7 Å². The number of amides is 2. The summed E-state index contributed by atoms with van der Waals surface area (Å²) >= 11 is 7.27. The molecule has 0 saturated heterocycles. The molecule has 5 rings (SSSR count). The van der Waals surface area contributed by atoms with Crippen LogP contribution in [0.1, 0.15) is 35.6 Å². The summed E-state index contributed by atoms with van der Waals surface area (Å²) in [6.07, 6.45) is 0.535. The first-order valence-corrected chi connectivity index (χ1v) is 12.7. The minimum absolute atomic E-state index is 0.00669. The van der Waals surface area contributed by atoms with E-state index in [1.807, 2.05) is 37.3 Å². The number of benzene rings is 3. The highest BCUT2D eigenvalue weighted by molar-refractivity contribution is 8.15. The van der Waals surface area contributed by atoms with E-state index >= 15 is 0 Å². The molecule has 0 aliphatic carbocycles. The van der Waals surface area contributed by atoms with Gasteiger partial charge in [-0.15, -0.1) is 0 Å². The number of halogens is 2. The van der Waals surface area contributed by atoms with Crippen LogP contribution in [-0.4, -0.2) is 33.0 Å². The number of thioether (sulfide) groups is 1. The molecule has 2 aliphatic rings. The van der Waals surface area contributed by atoms with Gasteiger partial charge in [0.2, 0.25) is 5.91 Å². The highest BCUT2D eigenvalue weighted by atomic mass is 35.5. The minimum Gasteiger partial charge on any atom is -0.326 e. The van der Waals surface area contributed by atoms with Gasteiger partial charge in [-0.05, 0) is 60.0 Å². The van der Waals surface area contributed by atoms with Crippen LogP contribution in [0, 0.1) is 12.7 Å². The van der Waals surface area contributed by atoms with E-state index in [-0.39, 0.29) is 30.1 Å². The van der Waals surface area contributed by atoms with Crippen LogP contribution in [0.4, 0.5) is 10.1 Å². The van der Waals surface area contributed by atoms with Crippen molar-refractivity contribution in [1.29, 1.82) is 0 Å². The molecule has 6 nitrogen and oxygen atoms in total. The molecule has 9 heteroatoms. The largest absolute Gasteiger partial charge is 0.326 e. The van der Waals surface area contributed by atoms with Gasteiger partial charge in [-0.1, -0.05) is 59.8 Å². The molecule has 0 saturated carbocycles. The summed E-state index contributed by atoms with van der Waals surface area (Å²) in [6, 6.07) is 20.8. The third kappa shape index (κ3) is 5.34. The van der Waals surface area contributed by atoms with E-state index in [9.17, 15) is 14.0 Å². The second-order valence-electron chi connectivity index (χ2n) is 8.63. The second kappa shape index (κ2) is 10.2. The lowest BCUT2D eigenvalue weighted by molar-refractivity contribution is -0.121. The maximum Gasteiger partial charge on any atom is 0.262 e. The van der Waals surface area contributed by atoms with Crippen LogP contribution in [0.3, 0.4) is 0 Å². The topological polar surface area (TPSA) is 74.1 Å². The Labute approximate surface area is 217 Å². The van der Waals surface area contributed by atoms with Gasteiger partial charge >= 0.3 is 0 Å². The van der Waals surface area contributed by atoms with Crippen molar-refractivity contribution in [2.45, 2.75) is 31.1 Å². The molecule has 0 aromatic heterocycles. The van der Waals surface area contributed by atoms with Crippen LogP contribution in [0.25, 0.3) is 0 Å². The number of anilines is 1. The first-order valence-electron chi connectivity index (χ1n) is 11.4. The Morgan fingerprint density at radius 2 is 1.89 bits per heavy atom. The van der Waals surface area contributed by atoms with Crippen molar-refractivity contribution in [3.63, 3.8) is 0 Å². The van der Waals surface area contributed by atoms with Crippen LogP contribution >= 0.6 is 23.4 Å². The molecule has 2 heterocycles. The Hall–Kier alpha value is -3.49. The highest BCUT2D eigenvalue weighted by Crippen LogP contribution is 2.38. The van der Waals surface area contributed by atoms with E-state index in [0.717, 1.165) is 22.4 Å². The predicted octanol–water partition coefficient (Wildman–Crippen LogP) is 5.97. The van der Waals surface area contributed by atoms with Crippen LogP contribution < -0.4 is 5.32 Å². The number of aryl methyl sites for hydroxylation is 1. The number of carbonyl (C=O) groups is 2. The molecule has 2 aliphatic heterocycles. The Morgan fingerprint density at radius 3 is 2.61 bits per heavy atom. The second-order valence-corrected chi connectivity index (χ2v) is 10.2. The minimum atomic E-state index is -0.645. The number of nitrogens with zero attached hydrogens (tertiary/aromatic N) is 3. The number of nitrogens with one attached hydrogen (secondary N) is 1. The lowest BCUT2D eigenvalue weighted by atomic mass is 9.98. The molecule has 2 atom stereocenters. The van der Waals surface area contributed by atoms with Gasteiger partial charge in [-0.3, -0.25) is 9.59 Å². The number of rotatable bonds is 5. The van der Waals surface area contributed by atoms with Gasteiger partial charge < -0.3 is 5.32 Å². The maximum atomic E-state index is 13.6. The van der Waals surface area contributed by atoms with Crippen molar-refractivity contribution in [3.05, 3.63) is 100 Å². The first kappa shape index (κ1) is 24.2. The molecule has 0 radical (unpaired) electrons. The van der Waals surface area contributed by atoms with Gasteiger partial charge in [0, 0.05) is 23.6 Å². The zero-order valence-electron chi connectivity index (χ0n) is 19.3. The van der Waals surface area contributed by atoms with E-state index in [1.165, 1.54) is 23.9 Å². The van der Waals surface area contributed by atoms with Gasteiger partial charge in [-0.25, -0.2) is 9.40 Å².